The molecule has 0 bridgehead atoms. The van der Waals surface area contributed by atoms with E-state index in [2.05, 4.69) is 24.3 Å². The van der Waals surface area contributed by atoms with Gasteiger partial charge in [-0.2, -0.15) is 5.10 Å². The maximum atomic E-state index is 5.21. The van der Waals surface area contributed by atoms with Crippen LogP contribution in [0.4, 0.5) is 0 Å². The summed E-state index contributed by atoms with van der Waals surface area (Å²) >= 11 is 5.21. The monoisotopic (exact) mass is 233 g/mol. The van der Waals surface area contributed by atoms with Crippen LogP contribution < -0.4 is 5.32 Å². The Balaban J connectivity index is 2.06. The van der Waals surface area contributed by atoms with Crippen molar-refractivity contribution in [3.8, 4) is 0 Å². The molecular weight excluding hydrogens is 218 g/mol. The van der Waals surface area contributed by atoms with E-state index in [-0.39, 0.29) is 5.54 Å². The van der Waals surface area contributed by atoms with Crippen LogP contribution in [0, 0.1) is 0 Å². The minimum absolute atomic E-state index is 0.00507. The van der Waals surface area contributed by atoms with Crippen LogP contribution in [-0.4, -0.2) is 28.4 Å². The van der Waals surface area contributed by atoms with Gasteiger partial charge in [0.2, 0.25) is 0 Å². The van der Waals surface area contributed by atoms with Crippen LogP contribution in [0.2, 0.25) is 0 Å². The molecule has 0 saturated carbocycles. The third-order valence-corrected chi connectivity index (χ3v) is 2.68. The van der Waals surface area contributed by atoms with E-state index in [4.69, 9.17) is 12.2 Å². The maximum absolute atomic E-state index is 5.21. The van der Waals surface area contributed by atoms with E-state index in [1.807, 2.05) is 41.6 Å². The lowest BCUT2D eigenvalue weighted by Crippen LogP contribution is -2.36. The standard InChI is InChI=1S/C12H15N3S/c1-12(2)9-15(11(16)14-12)13-8-10-6-4-3-5-7-10/h3-8H,9H2,1-2H3,(H,14,16). The van der Waals surface area contributed by atoms with Gasteiger partial charge >= 0.3 is 0 Å². The topological polar surface area (TPSA) is 27.6 Å². The van der Waals surface area contributed by atoms with E-state index < -0.39 is 0 Å². The fraction of sp³-hybridized carbons (Fsp3) is 0.333. The third-order valence-electron chi connectivity index (χ3n) is 2.37. The number of nitrogens with zero attached hydrogens (tertiary/aromatic N) is 2. The first-order valence-electron chi connectivity index (χ1n) is 5.26. The smallest absolute Gasteiger partial charge is 0.190 e. The zero-order valence-electron chi connectivity index (χ0n) is 9.47. The third kappa shape index (κ3) is 2.58. The highest BCUT2D eigenvalue weighted by Gasteiger charge is 2.31. The molecule has 1 heterocycles. The molecule has 3 nitrogen and oxygen atoms in total. The molecule has 1 aromatic rings. The fourth-order valence-corrected chi connectivity index (χ4v) is 2.00. The Labute approximate surface area is 101 Å². The summed E-state index contributed by atoms with van der Waals surface area (Å²) in [5.41, 5.74) is 1.08. The number of hydrazone groups is 1. The van der Waals surface area contributed by atoms with E-state index in [0.29, 0.717) is 5.11 Å². The van der Waals surface area contributed by atoms with Gasteiger partial charge in [-0.1, -0.05) is 30.3 Å². The summed E-state index contributed by atoms with van der Waals surface area (Å²) in [4.78, 5) is 0. The van der Waals surface area contributed by atoms with Crippen LogP contribution in [0.25, 0.3) is 0 Å². The quantitative estimate of drug-likeness (QED) is 0.625. The first-order chi connectivity index (χ1) is 7.57. The van der Waals surface area contributed by atoms with Gasteiger partial charge in [0.15, 0.2) is 5.11 Å². The van der Waals surface area contributed by atoms with Gasteiger partial charge in [0.25, 0.3) is 0 Å². The van der Waals surface area contributed by atoms with Gasteiger partial charge in [0, 0.05) is 0 Å². The molecule has 1 fully saturated rings. The van der Waals surface area contributed by atoms with Gasteiger partial charge < -0.3 is 5.32 Å². The molecule has 0 spiro atoms. The van der Waals surface area contributed by atoms with Gasteiger partial charge in [-0.15, -0.1) is 0 Å². The Morgan fingerprint density at radius 3 is 2.62 bits per heavy atom. The Bertz CT molecular complexity index is 412. The lowest BCUT2D eigenvalue weighted by Gasteiger charge is -2.15. The number of nitrogens with one attached hydrogen (secondary N) is 1. The average Bonchev–Trinajstić information content (AvgIpc) is 2.50. The van der Waals surface area contributed by atoms with Crippen LogP contribution in [0.3, 0.4) is 0 Å². The highest BCUT2D eigenvalue weighted by atomic mass is 32.1. The van der Waals surface area contributed by atoms with Crippen molar-refractivity contribution in [3.05, 3.63) is 35.9 Å². The highest BCUT2D eigenvalue weighted by molar-refractivity contribution is 7.80. The molecule has 0 amide bonds. The number of hydrogen-bond donors (Lipinski definition) is 1. The first-order valence-corrected chi connectivity index (χ1v) is 5.66. The number of hydrogen-bond acceptors (Lipinski definition) is 2. The molecule has 1 saturated heterocycles. The van der Waals surface area contributed by atoms with E-state index in [0.717, 1.165) is 12.1 Å². The van der Waals surface area contributed by atoms with E-state index >= 15 is 0 Å². The molecule has 1 aromatic carbocycles. The number of thiocarbonyl (C=S) groups is 1. The van der Waals surface area contributed by atoms with Crippen molar-refractivity contribution in [1.82, 2.24) is 10.3 Å². The zero-order chi connectivity index (χ0) is 11.6. The molecule has 0 aromatic heterocycles. The molecule has 0 radical (unpaired) electrons. The first kappa shape index (κ1) is 11.1. The maximum Gasteiger partial charge on any atom is 0.190 e. The lowest BCUT2D eigenvalue weighted by molar-refractivity contribution is 0.395. The molecule has 1 aliphatic rings. The lowest BCUT2D eigenvalue weighted by atomic mass is 10.1. The SMILES string of the molecule is CC1(C)CN(N=Cc2ccccc2)C(=S)N1. The second-order valence-corrected chi connectivity index (χ2v) is 4.91. The van der Waals surface area contributed by atoms with Crippen molar-refractivity contribution in [1.29, 1.82) is 0 Å². The van der Waals surface area contributed by atoms with Crippen molar-refractivity contribution in [2.24, 2.45) is 5.10 Å². The second kappa shape index (κ2) is 4.22. The summed E-state index contributed by atoms with van der Waals surface area (Å²) in [6.07, 6.45) is 1.83. The Kier molecular flexibility index (Phi) is 2.92. The summed E-state index contributed by atoms with van der Waals surface area (Å²) in [6, 6.07) is 10.0. The molecule has 0 aliphatic carbocycles. The van der Waals surface area contributed by atoms with Crippen LogP contribution in [0.5, 0.6) is 0 Å². The molecule has 16 heavy (non-hydrogen) atoms. The van der Waals surface area contributed by atoms with Gasteiger partial charge in [0.1, 0.15) is 0 Å². The molecular formula is C12H15N3S. The Hall–Kier alpha value is -1.42. The van der Waals surface area contributed by atoms with Crippen LogP contribution in [0.1, 0.15) is 19.4 Å². The summed E-state index contributed by atoms with van der Waals surface area (Å²) < 4.78 is 0. The highest BCUT2D eigenvalue weighted by Crippen LogP contribution is 2.14. The Morgan fingerprint density at radius 2 is 2.06 bits per heavy atom. The predicted octanol–water partition coefficient (Wildman–Crippen LogP) is 1.99. The molecule has 1 N–H and O–H groups in total. The summed E-state index contributed by atoms with van der Waals surface area (Å²) in [5.74, 6) is 0. The van der Waals surface area contributed by atoms with Crippen molar-refractivity contribution < 1.29 is 0 Å². The van der Waals surface area contributed by atoms with Gasteiger partial charge in [-0.05, 0) is 31.6 Å². The summed E-state index contributed by atoms with van der Waals surface area (Å²) in [5, 5.41) is 10.1. The van der Waals surface area contributed by atoms with E-state index in [1.165, 1.54) is 0 Å². The zero-order valence-corrected chi connectivity index (χ0v) is 10.3. The summed E-state index contributed by atoms with van der Waals surface area (Å²) in [7, 11) is 0. The minimum atomic E-state index is 0.00507. The van der Waals surface area contributed by atoms with Crippen LogP contribution in [0.15, 0.2) is 35.4 Å². The van der Waals surface area contributed by atoms with Crippen molar-refractivity contribution in [3.63, 3.8) is 0 Å². The van der Waals surface area contributed by atoms with Crippen molar-refractivity contribution in [2.75, 3.05) is 6.54 Å². The molecule has 0 unspecified atom stereocenters. The predicted molar refractivity (Wildman–Crippen MR) is 70.6 cm³/mol. The number of benzene rings is 1. The van der Waals surface area contributed by atoms with Crippen LogP contribution >= 0.6 is 12.2 Å². The molecule has 84 valence electrons. The van der Waals surface area contributed by atoms with Gasteiger partial charge in [-0.3, -0.25) is 0 Å². The van der Waals surface area contributed by atoms with Gasteiger partial charge in [-0.25, -0.2) is 5.01 Å². The fourth-order valence-electron chi connectivity index (χ4n) is 1.61. The minimum Gasteiger partial charge on any atom is -0.354 e. The summed E-state index contributed by atoms with van der Waals surface area (Å²) in [6.45, 7) is 5.02. The van der Waals surface area contributed by atoms with Crippen LogP contribution in [-0.2, 0) is 0 Å². The number of rotatable bonds is 2. The average molecular weight is 233 g/mol. The van der Waals surface area contributed by atoms with E-state index in [9.17, 15) is 0 Å². The molecule has 1 aliphatic heterocycles. The van der Waals surface area contributed by atoms with E-state index in [1.54, 1.807) is 0 Å². The molecule has 0 atom stereocenters. The normalized spacial score (nSPS) is 19.1. The largest absolute Gasteiger partial charge is 0.354 e. The van der Waals surface area contributed by atoms with Gasteiger partial charge in [0.05, 0.1) is 18.3 Å². The van der Waals surface area contributed by atoms with Crippen molar-refractivity contribution >= 4 is 23.5 Å². The Morgan fingerprint density at radius 1 is 1.38 bits per heavy atom. The molecule has 2 rings (SSSR count). The second-order valence-electron chi connectivity index (χ2n) is 4.53. The molecule has 4 heteroatoms. The van der Waals surface area contributed by atoms with Crippen molar-refractivity contribution in [2.45, 2.75) is 19.4 Å².